The van der Waals surface area contributed by atoms with Gasteiger partial charge in [-0.25, -0.2) is 0 Å². The van der Waals surface area contributed by atoms with Crippen LogP contribution in [0.1, 0.15) is 0 Å². The van der Waals surface area contributed by atoms with E-state index in [-0.39, 0.29) is 0 Å². The maximum atomic E-state index is 5.26. The standard InChI is InChI=1S/C14H11NO2S/c1-16-14-12(11-8-5-9-18-11)13(15-17-14)10-6-3-2-4-7-10/h2-9H,1H3. The first-order valence-electron chi connectivity index (χ1n) is 5.53. The van der Waals surface area contributed by atoms with Crippen molar-refractivity contribution in [1.29, 1.82) is 0 Å². The predicted molar refractivity (Wildman–Crippen MR) is 71.8 cm³/mol. The van der Waals surface area contributed by atoms with Crippen LogP contribution in [0.4, 0.5) is 0 Å². The molecule has 0 aliphatic heterocycles. The Bertz CT molecular complexity index is 629. The molecule has 90 valence electrons. The maximum absolute atomic E-state index is 5.26. The van der Waals surface area contributed by atoms with Crippen molar-refractivity contribution in [2.24, 2.45) is 0 Å². The fraction of sp³-hybridized carbons (Fsp3) is 0.0714. The van der Waals surface area contributed by atoms with Crippen LogP contribution < -0.4 is 4.74 Å². The second-order valence-electron chi connectivity index (χ2n) is 3.74. The number of ether oxygens (including phenoxy) is 1. The van der Waals surface area contributed by atoms with Crippen LogP contribution in [0.25, 0.3) is 21.7 Å². The van der Waals surface area contributed by atoms with E-state index in [0.29, 0.717) is 5.95 Å². The van der Waals surface area contributed by atoms with Crippen molar-refractivity contribution in [3.05, 3.63) is 47.8 Å². The average Bonchev–Trinajstić information content (AvgIpc) is 3.08. The lowest BCUT2D eigenvalue weighted by molar-refractivity contribution is 0.262. The number of benzene rings is 1. The quantitative estimate of drug-likeness (QED) is 0.709. The van der Waals surface area contributed by atoms with Crippen molar-refractivity contribution in [3.63, 3.8) is 0 Å². The van der Waals surface area contributed by atoms with Crippen LogP contribution in [0.2, 0.25) is 0 Å². The third kappa shape index (κ3) is 1.80. The number of thiophene rings is 1. The molecule has 3 aromatic rings. The van der Waals surface area contributed by atoms with Gasteiger partial charge in [-0.3, -0.25) is 0 Å². The van der Waals surface area contributed by atoms with Gasteiger partial charge >= 0.3 is 5.95 Å². The second-order valence-corrected chi connectivity index (χ2v) is 4.69. The summed E-state index contributed by atoms with van der Waals surface area (Å²) in [6, 6.07) is 14.0. The molecule has 3 nitrogen and oxygen atoms in total. The van der Waals surface area contributed by atoms with Crippen LogP contribution in [-0.2, 0) is 0 Å². The summed E-state index contributed by atoms with van der Waals surface area (Å²) >= 11 is 1.64. The molecule has 0 atom stereocenters. The van der Waals surface area contributed by atoms with Crippen LogP contribution in [0.15, 0.2) is 52.4 Å². The van der Waals surface area contributed by atoms with E-state index in [4.69, 9.17) is 9.26 Å². The molecule has 0 N–H and O–H groups in total. The van der Waals surface area contributed by atoms with E-state index in [0.717, 1.165) is 21.7 Å². The minimum Gasteiger partial charge on any atom is -0.467 e. The molecule has 0 fully saturated rings. The van der Waals surface area contributed by atoms with Gasteiger partial charge in [-0.1, -0.05) is 41.6 Å². The smallest absolute Gasteiger partial charge is 0.320 e. The molecule has 2 heterocycles. The Kier molecular flexibility index (Phi) is 2.86. The zero-order valence-electron chi connectivity index (χ0n) is 9.79. The van der Waals surface area contributed by atoms with E-state index in [1.165, 1.54) is 0 Å². The highest BCUT2D eigenvalue weighted by molar-refractivity contribution is 7.13. The van der Waals surface area contributed by atoms with Gasteiger partial charge in [-0.05, 0) is 11.4 Å². The molecule has 2 aromatic heterocycles. The lowest BCUT2D eigenvalue weighted by Crippen LogP contribution is -1.84. The number of hydrogen-bond acceptors (Lipinski definition) is 4. The van der Waals surface area contributed by atoms with Gasteiger partial charge in [0.2, 0.25) is 0 Å². The van der Waals surface area contributed by atoms with Gasteiger partial charge in [0.25, 0.3) is 0 Å². The first kappa shape index (κ1) is 11.0. The van der Waals surface area contributed by atoms with Crippen molar-refractivity contribution in [2.75, 3.05) is 7.11 Å². The molecular weight excluding hydrogens is 246 g/mol. The molecule has 0 radical (unpaired) electrons. The Morgan fingerprint density at radius 1 is 1.11 bits per heavy atom. The Morgan fingerprint density at radius 2 is 1.94 bits per heavy atom. The van der Waals surface area contributed by atoms with E-state index >= 15 is 0 Å². The fourth-order valence-corrected chi connectivity index (χ4v) is 2.60. The largest absolute Gasteiger partial charge is 0.467 e. The van der Waals surface area contributed by atoms with E-state index in [1.54, 1.807) is 18.4 Å². The maximum Gasteiger partial charge on any atom is 0.320 e. The van der Waals surface area contributed by atoms with Gasteiger partial charge in [0.15, 0.2) is 0 Å². The van der Waals surface area contributed by atoms with Gasteiger partial charge in [-0.15, -0.1) is 11.3 Å². The Hall–Kier alpha value is -2.07. The highest BCUT2D eigenvalue weighted by atomic mass is 32.1. The molecule has 1 aromatic carbocycles. The van der Waals surface area contributed by atoms with E-state index in [1.807, 2.05) is 47.8 Å². The summed E-state index contributed by atoms with van der Waals surface area (Å²) in [6.45, 7) is 0. The summed E-state index contributed by atoms with van der Waals surface area (Å²) in [5, 5.41) is 6.14. The topological polar surface area (TPSA) is 35.3 Å². The van der Waals surface area contributed by atoms with Crippen molar-refractivity contribution < 1.29 is 9.26 Å². The van der Waals surface area contributed by atoms with E-state index in [9.17, 15) is 0 Å². The van der Waals surface area contributed by atoms with Crippen molar-refractivity contribution >= 4 is 11.3 Å². The summed E-state index contributed by atoms with van der Waals surface area (Å²) in [5.74, 6) is 0.455. The van der Waals surface area contributed by atoms with Gasteiger partial charge in [0.1, 0.15) is 11.3 Å². The molecule has 18 heavy (non-hydrogen) atoms. The van der Waals surface area contributed by atoms with E-state index < -0.39 is 0 Å². The molecule has 0 aliphatic carbocycles. The number of methoxy groups -OCH3 is 1. The summed E-state index contributed by atoms with van der Waals surface area (Å²) in [6.07, 6.45) is 0. The van der Waals surface area contributed by atoms with Gasteiger partial charge in [0, 0.05) is 10.4 Å². The first-order valence-corrected chi connectivity index (χ1v) is 6.41. The first-order chi connectivity index (χ1) is 8.90. The summed E-state index contributed by atoms with van der Waals surface area (Å²) in [7, 11) is 1.59. The normalized spacial score (nSPS) is 10.5. The highest BCUT2D eigenvalue weighted by Crippen LogP contribution is 2.40. The molecule has 0 bridgehead atoms. The minimum absolute atomic E-state index is 0.455. The zero-order valence-corrected chi connectivity index (χ0v) is 10.6. The van der Waals surface area contributed by atoms with Gasteiger partial charge < -0.3 is 9.26 Å². The Balaban J connectivity index is 2.20. The van der Waals surface area contributed by atoms with Crippen molar-refractivity contribution in [3.8, 4) is 27.6 Å². The third-order valence-corrected chi connectivity index (χ3v) is 3.55. The summed E-state index contributed by atoms with van der Waals surface area (Å²) < 4.78 is 10.5. The van der Waals surface area contributed by atoms with Crippen molar-refractivity contribution in [1.82, 2.24) is 5.16 Å². The lowest BCUT2D eigenvalue weighted by atomic mass is 10.1. The minimum atomic E-state index is 0.455. The fourth-order valence-electron chi connectivity index (χ4n) is 1.85. The average molecular weight is 257 g/mol. The molecule has 4 heteroatoms. The Labute approximate surface area is 109 Å². The molecule has 0 unspecified atom stereocenters. The molecule has 0 aliphatic rings. The molecule has 0 amide bonds. The van der Waals surface area contributed by atoms with Crippen LogP contribution >= 0.6 is 11.3 Å². The molecule has 0 spiro atoms. The SMILES string of the molecule is COc1onc(-c2ccccc2)c1-c1cccs1. The monoisotopic (exact) mass is 257 g/mol. The lowest BCUT2D eigenvalue weighted by Gasteiger charge is -2.00. The van der Waals surface area contributed by atoms with Crippen LogP contribution in [-0.4, -0.2) is 12.3 Å². The predicted octanol–water partition coefficient (Wildman–Crippen LogP) is 4.08. The Morgan fingerprint density at radius 3 is 2.61 bits per heavy atom. The van der Waals surface area contributed by atoms with Gasteiger partial charge in [-0.2, -0.15) is 0 Å². The van der Waals surface area contributed by atoms with E-state index in [2.05, 4.69) is 5.16 Å². The van der Waals surface area contributed by atoms with Crippen LogP contribution in [0.3, 0.4) is 0 Å². The molecule has 0 saturated heterocycles. The molecular formula is C14H11NO2S. The second kappa shape index (κ2) is 4.66. The number of hydrogen-bond donors (Lipinski definition) is 0. The number of aromatic nitrogens is 1. The molecule has 3 rings (SSSR count). The van der Waals surface area contributed by atoms with Gasteiger partial charge in [0.05, 0.1) is 7.11 Å². The van der Waals surface area contributed by atoms with Crippen LogP contribution in [0, 0.1) is 0 Å². The zero-order chi connectivity index (χ0) is 12.4. The molecule has 0 saturated carbocycles. The summed E-state index contributed by atoms with van der Waals surface area (Å²) in [5.41, 5.74) is 2.75. The summed E-state index contributed by atoms with van der Waals surface area (Å²) in [4.78, 5) is 1.09. The number of rotatable bonds is 3. The van der Waals surface area contributed by atoms with Crippen LogP contribution in [0.5, 0.6) is 5.95 Å². The third-order valence-electron chi connectivity index (χ3n) is 2.66. The number of nitrogens with zero attached hydrogens (tertiary/aromatic N) is 1. The van der Waals surface area contributed by atoms with Crippen molar-refractivity contribution in [2.45, 2.75) is 0 Å². The highest BCUT2D eigenvalue weighted by Gasteiger charge is 2.20.